The van der Waals surface area contributed by atoms with E-state index in [1.165, 1.54) is 5.56 Å². The van der Waals surface area contributed by atoms with Crippen molar-refractivity contribution in [3.05, 3.63) is 34.9 Å². The van der Waals surface area contributed by atoms with Gasteiger partial charge in [-0.25, -0.2) is 0 Å². The summed E-state index contributed by atoms with van der Waals surface area (Å²) in [5, 5.41) is 13.3. The third kappa shape index (κ3) is 4.18. The highest BCUT2D eigenvalue weighted by molar-refractivity contribution is 6.30. The van der Waals surface area contributed by atoms with Gasteiger partial charge in [0.1, 0.15) is 0 Å². The Labute approximate surface area is 120 Å². The zero-order valence-electron chi connectivity index (χ0n) is 11.5. The van der Waals surface area contributed by atoms with E-state index in [2.05, 4.69) is 22.3 Å². The number of benzene rings is 1. The minimum absolute atomic E-state index is 0.323. The number of rotatable bonds is 6. The lowest BCUT2D eigenvalue weighted by molar-refractivity contribution is 0.219. The number of aliphatic hydroxyl groups is 1. The summed E-state index contributed by atoms with van der Waals surface area (Å²) in [5.41, 5.74) is 1.28. The number of likely N-dealkylation sites (tertiary alicyclic amines) is 1. The van der Waals surface area contributed by atoms with Crippen molar-refractivity contribution in [1.29, 1.82) is 0 Å². The Kier molecular flexibility index (Phi) is 5.64. The molecule has 1 saturated heterocycles. The second kappa shape index (κ2) is 7.25. The Hall–Kier alpha value is -0.610. The molecule has 0 aromatic heterocycles. The van der Waals surface area contributed by atoms with Gasteiger partial charge in [-0.15, -0.1) is 0 Å². The summed E-state index contributed by atoms with van der Waals surface area (Å²) >= 11 is 5.92. The molecule has 19 heavy (non-hydrogen) atoms. The first-order chi connectivity index (χ1) is 9.22. The molecular formula is C15H23ClN2O. The van der Waals surface area contributed by atoms with Crippen LogP contribution >= 0.6 is 11.6 Å². The molecule has 0 bridgehead atoms. The third-order valence-electron chi connectivity index (χ3n) is 3.98. The van der Waals surface area contributed by atoms with Crippen molar-refractivity contribution in [2.24, 2.45) is 5.92 Å². The average molecular weight is 283 g/mol. The lowest BCUT2D eigenvalue weighted by atomic mass is 10.0. The fourth-order valence-electron chi connectivity index (χ4n) is 2.75. The normalized spacial score (nSPS) is 21.7. The van der Waals surface area contributed by atoms with Gasteiger partial charge in [0.05, 0.1) is 0 Å². The molecular weight excluding hydrogens is 260 g/mol. The number of aliphatic hydroxyl groups excluding tert-OH is 1. The number of nitrogens with one attached hydrogen (secondary N) is 1. The van der Waals surface area contributed by atoms with Crippen LogP contribution in [0, 0.1) is 5.92 Å². The molecule has 106 valence electrons. The topological polar surface area (TPSA) is 35.5 Å². The second-order valence-corrected chi connectivity index (χ2v) is 5.76. The number of nitrogens with zero attached hydrogens (tertiary/aromatic N) is 1. The van der Waals surface area contributed by atoms with E-state index in [0.29, 0.717) is 18.6 Å². The van der Waals surface area contributed by atoms with Gasteiger partial charge in [-0.3, -0.25) is 0 Å². The Bertz CT molecular complexity index is 382. The van der Waals surface area contributed by atoms with Gasteiger partial charge in [0.2, 0.25) is 0 Å². The van der Waals surface area contributed by atoms with Crippen LogP contribution in [0.5, 0.6) is 0 Å². The van der Waals surface area contributed by atoms with Crippen LogP contribution in [-0.2, 0) is 0 Å². The molecule has 2 N–H and O–H groups in total. The summed E-state index contributed by atoms with van der Waals surface area (Å²) in [6, 6.07) is 8.43. The summed E-state index contributed by atoms with van der Waals surface area (Å²) in [4.78, 5) is 2.45. The minimum Gasteiger partial charge on any atom is -0.396 e. The monoisotopic (exact) mass is 282 g/mol. The van der Waals surface area contributed by atoms with Gasteiger partial charge in [-0.2, -0.15) is 0 Å². The van der Waals surface area contributed by atoms with Crippen LogP contribution in [0.15, 0.2) is 24.3 Å². The van der Waals surface area contributed by atoms with Crippen molar-refractivity contribution >= 4 is 11.6 Å². The maximum absolute atomic E-state index is 9.16. The first-order valence-corrected chi connectivity index (χ1v) is 7.36. The fraction of sp³-hybridized carbons (Fsp3) is 0.600. The third-order valence-corrected chi connectivity index (χ3v) is 4.23. The van der Waals surface area contributed by atoms with E-state index in [-0.39, 0.29) is 0 Å². The van der Waals surface area contributed by atoms with Gasteiger partial charge >= 0.3 is 0 Å². The predicted molar refractivity (Wildman–Crippen MR) is 79.5 cm³/mol. The van der Waals surface area contributed by atoms with Gasteiger partial charge in [0.15, 0.2) is 0 Å². The van der Waals surface area contributed by atoms with Crippen LogP contribution in [0.4, 0.5) is 0 Å². The number of hydrogen-bond acceptors (Lipinski definition) is 3. The van der Waals surface area contributed by atoms with E-state index in [9.17, 15) is 0 Å². The molecule has 0 spiro atoms. The number of halogens is 1. The lowest BCUT2D eigenvalue weighted by Crippen LogP contribution is -2.27. The van der Waals surface area contributed by atoms with Crippen molar-refractivity contribution in [3.8, 4) is 0 Å². The largest absolute Gasteiger partial charge is 0.396 e. The lowest BCUT2D eigenvalue weighted by Gasteiger charge is -2.21. The van der Waals surface area contributed by atoms with E-state index in [4.69, 9.17) is 16.7 Å². The van der Waals surface area contributed by atoms with Crippen molar-refractivity contribution < 1.29 is 5.11 Å². The molecule has 2 atom stereocenters. The first-order valence-electron chi connectivity index (χ1n) is 6.99. The van der Waals surface area contributed by atoms with Crippen LogP contribution < -0.4 is 5.32 Å². The quantitative estimate of drug-likeness (QED) is 0.840. The molecule has 2 unspecified atom stereocenters. The molecule has 4 heteroatoms. The van der Waals surface area contributed by atoms with E-state index < -0.39 is 0 Å². The van der Waals surface area contributed by atoms with Gasteiger partial charge in [-0.05, 0) is 56.6 Å². The highest BCUT2D eigenvalue weighted by atomic mass is 35.5. The molecule has 1 aliphatic heterocycles. The summed E-state index contributed by atoms with van der Waals surface area (Å²) in [6.07, 6.45) is 2.21. The Morgan fingerprint density at radius 3 is 2.74 bits per heavy atom. The SMILES string of the molecule is CNC(CCN1CCC(CO)C1)c1ccc(Cl)cc1. The molecule has 0 radical (unpaired) electrons. The molecule has 1 fully saturated rings. The maximum Gasteiger partial charge on any atom is 0.0471 e. The highest BCUT2D eigenvalue weighted by Crippen LogP contribution is 2.21. The molecule has 1 aliphatic rings. The highest BCUT2D eigenvalue weighted by Gasteiger charge is 2.22. The molecule has 0 saturated carbocycles. The number of hydrogen-bond donors (Lipinski definition) is 2. The predicted octanol–water partition coefficient (Wildman–Crippen LogP) is 2.30. The van der Waals surface area contributed by atoms with E-state index in [1.54, 1.807) is 0 Å². The molecule has 0 aliphatic carbocycles. The van der Waals surface area contributed by atoms with E-state index in [0.717, 1.165) is 37.5 Å². The van der Waals surface area contributed by atoms with Crippen LogP contribution in [0.1, 0.15) is 24.4 Å². The summed E-state index contributed by atoms with van der Waals surface area (Å²) in [7, 11) is 2.00. The molecule has 1 aromatic rings. The van der Waals surface area contributed by atoms with E-state index in [1.807, 2.05) is 19.2 Å². The first kappa shape index (κ1) is 14.8. The van der Waals surface area contributed by atoms with Crippen molar-refractivity contribution in [3.63, 3.8) is 0 Å². The Balaban J connectivity index is 1.84. The molecule has 2 rings (SSSR count). The molecule has 3 nitrogen and oxygen atoms in total. The van der Waals surface area contributed by atoms with Crippen LogP contribution in [0.2, 0.25) is 5.02 Å². The standard InChI is InChI=1S/C15H23ClN2O/c1-17-15(13-2-4-14(16)5-3-13)7-9-18-8-6-12(10-18)11-19/h2-5,12,15,17,19H,6-11H2,1H3. The fourth-order valence-corrected chi connectivity index (χ4v) is 2.88. The second-order valence-electron chi connectivity index (χ2n) is 5.32. The van der Waals surface area contributed by atoms with Crippen molar-refractivity contribution in [2.75, 3.05) is 33.3 Å². The van der Waals surface area contributed by atoms with Gasteiger partial charge in [0.25, 0.3) is 0 Å². The van der Waals surface area contributed by atoms with Crippen molar-refractivity contribution in [2.45, 2.75) is 18.9 Å². The maximum atomic E-state index is 9.16. The molecule has 0 amide bonds. The zero-order chi connectivity index (χ0) is 13.7. The van der Waals surface area contributed by atoms with Crippen LogP contribution in [-0.4, -0.2) is 43.3 Å². The van der Waals surface area contributed by atoms with Gasteiger partial charge in [0, 0.05) is 24.2 Å². The van der Waals surface area contributed by atoms with Gasteiger partial charge in [-0.1, -0.05) is 23.7 Å². The smallest absolute Gasteiger partial charge is 0.0471 e. The molecule has 1 aromatic carbocycles. The van der Waals surface area contributed by atoms with Gasteiger partial charge < -0.3 is 15.3 Å². The van der Waals surface area contributed by atoms with Crippen LogP contribution in [0.3, 0.4) is 0 Å². The average Bonchev–Trinajstić information content (AvgIpc) is 2.89. The summed E-state index contributed by atoms with van der Waals surface area (Å²) in [5.74, 6) is 0.476. The summed E-state index contributed by atoms with van der Waals surface area (Å²) in [6.45, 7) is 3.55. The van der Waals surface area contributed by atoms with E-state index >= 15 is 0 Å². The Morgan fingerprint density at radius 2 is 2.16 bits per heavy atom. The minimum atomic E-state index is 0.323. The molecule has 1 heterocycles. The Morgan fingerprint density at radius 1 is 1.42 bits per heavy atom. The van der Waals surface area contributed by atoms with Crippen molar-refractivity contribution in [1.82, 2.24) is 10.2 Å². The summed E-state index contributed by atoms with van der Waals surface area (Å²) < 4.78 is 0. The van der Waals surface area contributed by atoms with Crippen LogP contribution in [0.25, 0.3) is 0 Å². The zero-order valence-corrected chi connectivity index (χ0v) is 12.2.